The summed E-state index contributed by atoms with van der Waals surface area (Å²) < 4.78 is 26.0. The summed E-state index contributed by atoms with van der Waals surface area (Å²) in [6, 6.07) is 17.0. The van der Waals surface area contributed by atoms with E-state index in [1.165, 1.54) is 40.3 Å². The second-order valence-corrected chi connectivity index (χ2v) is 25.6. The first kappa shape index (κ1) is 88.7. The molecule has 0 bridgehead atoms. The molecule has 494 valence electrons. The number of aliphatic hydroxyl groups excluding tert-OH is 1. The van der Waals surface area contributed by atoms with E-state index in [4.69, 9.17) is 28.8 Å². The number of hydrogen-bond acceptors (Lipinski definition) is 14. The van der Waals surface area contributed by atoms with Crippen LogP contribution < -0.4 is 0 Å². The molecule has 1 N–H and O–H groups in total. The predicted octanol–water partition coefficient (Wildman–Crippen LogP) is 12.9. The Bertz CT molecular complexity index is 1940. The van der Waals surface area contributed by atoms with E-state index in [-0.39, 0.29) is 49.2 Å². The van der Waals surface area contributed by atoms with Crippen LogP contribution in [0.2, 0.25) is 0 Å². The van der Waals surface area contributed by atoms with Gasteiger partial charge < -0.3 is 38.6 Å². The molecule has 0 aliphatic carbocycles. The molecule has 7 unspecified atom stereocenters. The Morgan fingerprint density at radius 1 is 0.624 bits per heavy atom. The van der Waals surface area contributed by atoms with Gasteiger partial charge >= 0.3 is 17.9 Å². The van der Waals surface area contributed by atoms with Crippen LogP contribution in [0.5, 0.6) is 0 Å². The van der Waals surface area contributed by atoms with Crippen LogP contribution in [0.4, 0.5) is 0 Å². The minimum atomic E-state index is -1.19. The number of carbonyl (C=O) groups is 7. The molecule has 0 saturated carbocycles. The molecular weight excluding hydrogens is 1080 g/mol. The molecule has 16 heteroatoms. The van der Waals surface area contributed by atoms with Gasteiger partial charge in [0.1, 0.15) is 13.1 Å². The van der Waals surface area contributed by atoms with E-state index in [2.05, 4.69) is 96.9 Å². The molecule has 2 amide bonds. The van der Waals surface area contributed by atoms with Crippen molar-refractivity contribution in [3.05, 3.63) is 71.3 Å². The van der Waals surface area contributed by atoms with Gasteiger partial charge in [0.15, 0.2) is 36.7 Å². The third-order valence-corrected chi connectivity index (χ3v) is 10.6. The number of hydrogen-bond donors (Lipinski definition) is 1. The van der Waals surface area contributed by atoms with E-state index in [0.29, 0.717) is 25.5 Å². The van der Waals surface area contributed by atoms with Crippen molar-refractivity contribution in [3.8, 4) is 0 Å². The van der Waals surface area contributed by atoms with Crippen LogP contribution in [-0.4, -0.2) is 154 Å². The molecule has 85 heavy (non-hydrogen) atoms. The number of likely N-dealkylation sites (N-methyl/N-ethyl adjacent to an activating group) is 3. The second-order valence-electron chi connectivity index (χ2n) is 25.6. The summed E-state index contributed by atoms with van der Waals surface area (Å²) in [5.41, 5.74) is 2.79. The summed E-state index contributed by atoms with van der Waals surface area (Å²) in [5.74, 6) is 2.57. The van der Waals surface area contributed by atoms with Crippen molar-refractivity contribution in [1.82, 2.24) is 14.7 Å². The van der Waals surface area contributed by atoms with Crippen molar-refractivity contribution in [2.45, 2.75) is 222 Å². The summed E-state index contributed by atoms with van der Waals surface area (Å²) in [4.78, 5) is 86.4. The van der Waals surface area contributed by atoms with E-state index < -0.39 is 49.0 Å². The number of ketones is 1. The van der Waals surface area contributed by atoms with Gasteiger partial charge in [-0.05, 0) is 114 Å². The number of Topliss-reactive ketones (excluding diaryl/α,β-unsaturated/α-hetero) is 1. The number of aryl methyl sites for hydroxylation is 1. The second kappa shape index (κ2) is 54.4. The first-order valence-corrected chi connectivity index (χ1v) is 31.0. The minimum absolute atomic E-state index is 0.00837. The lowest BCUT2D eigenvalue weighted by atomic mass is 9.88. The summed E-state index contributed by atoms with van der Waals surface area (Å²) in [6.45, 7) is 46.9. The Balaban J connectivity index is -0.000000331. The fraction of sp³-hybridized carbons (Fsp3) is 0.725. The average molecular weight is 1200 g/mol. The molecular formula is C69H125N3O13. The SMILES string of the molecule is CC(C)C.CC(C)C.CC(C)C.CC(C)C.CC(C)C(C)C(=O)C(Cc1ccccc1)OC(=O)CN(C)C.CCC(O)OC(C)C.CCCC1COCC(C)C1.Cc1ccc(CC(OC(=O)CN(C)C=O)C(=O)N(C)CC(=O)OC(C)C=O)cc1. The van der Waals surface area contributed by atoms with Crippen LogP contribution in [0, 0.1) is 54.3 Å². The molecule has 2 aromatic carbocycles. The average Bonchev–Trinajstić information content (AvgIpc) is 3.55. The largest absolute Gasteiger partial charge is 0.454 e. The third kappa shape index (κ3) is 60.5. The van der Waals surface area contributed by atoms with E-state index in [0.717, 1.165) is 75.2 Å². The minimum Gasteiger partial charge on any atom is -0.454 e. The molecule has 1 saturated heterocycles. The molecule has 2 aromatic rings. The van der Waals surface area contributed by atoms with Gasteiger partial charge in [0.25, 0.3) is 5.91 Å². The van der Waals surface area contributed by atoms with Gasteiger partial charge in [-0.1, -0.05) is 191 Å². The number of aliphatic hydroxyl groups is 1. The first-order chi connectivity index (χ1) is 39.4. The molecule has 3 rings (SSSR count). The van der Waals surface area contributed by atoms with Crippen molar-refractivity contribution in [2.24, 2.45) is 47.3 Å². The van der Waals surface area contributed by atoms with E-state index in [1.54, 1.807) is 31.1 Å². The van der Waals surface area contributed by atoms with Crippen molar-refractivity contribution in [3.63, 3.8) is 0 Å². The maximum Gasteiger partial charge on any atom is 0.326 e. The van der Waals surface area contributed by atoms with Crippen LogP contribution in [0.15, 0.2) is 54.6 Å². The Morgan fingerprint density at radius 3 is 1.47 bits per heavy atom. The number of rotatable bonds is 24. The van der Waals surface area contributed by atoms with E-state index in [1.807, 2.05) is 90.9 Å². The van der Waals surface area contributed by atoms with Crippen molar-refractivity contribution < 1.29 is 62.4 Å². The quantitative estimate of drug-likeness (QED) is 0.0451. The van der Waals surface area contributed by atoms with Crippen molar-refractivity contribution in [2.75, 3.05) is 61.0 Å². The highest BCUT2D eigenvalue weighted by Crippen LogP contribution is 2.23. The normalized spacial score (nSPS) is 14.9. The van der Waals surface area contributed by atoms with Crippen LogP contribution in [0.1, 0.15) is 188 Å². The fourth-order valence-corrected chi connectivity index (χ4v) is 6.61. The monoisotopic (exact) mass is 1200 g/mol. The van der Waals surface area contributed by atoms with Crippen molar-refractivity contribution >= 4 is 42.3 Å². The number of esters is 3. The van der Waals surface area contributed by atoms with Gasteiger partial charge in [-0.2, -0.15) is 0 Å². The molecule has 0 radical (unpaired) electrons. The molecule has 0 aromatic heterocycles. The van der Waals surface area contributed by atoms with Crippen molar-refractivity contribution in [1.29, 1.82) is 0 Å². The Labute approximate surface area is 518 Å². The smallest absolute Gasteiger partial charge is 0.326 e. The zero-order valence-electron chi connectivity index (χ0n) is 58.3. The van der Waals surface area contributed by atoms with Crippen LogP contribution in [0.25, 0.3) is 0 Å². The molecule has 1 aliphatic rings. The number of ether oxygens (including phenoxy) is 5. The maximum atomic E-state index is 12.8. The predicted molar refractivity (Wildman–Crippen MR) is 348 cm³/mol. The maximum absolute atomic E-state index is 12.8. The Kier molecular flexibility index (Phi) is 56.8. The molecule has 16 nitrogen and oxygen atoms in total. The standard InChI is InChI=1S/C20H26N2O7.C18H27NO3.C9H18O.C6H14O2.4C4H10/c1-14-5-7-16(8-6-14)9-17(29-18(25)10-21(3)13-24)20(27)22(4)11-19(26)28-15(2)12-23;1-13(2)14(3)18(21)16(22-17(20)12-19(4)5)11-15-9-7-6-8-10-15;1-3-4-9-5-8(2)6-10-7-9;1-4-6(7)8-5(2)3;4*1-4(2)3/h5-8,12-13,15,17H,9-11H2,1-4H3;6-10,13-14,16H,11-12H2,1-5H3;8-9H,3-7H2,1-2H3;5-7H,4H2,1-3H3;4*4H,1-3H3. The highest BCUT2D eigenvalue weighted by molar-refractivity contribution is 5.88. The highest BCUT2D eigenvalue weighted by Gasteiger charge is 2.30. The van der Waals surface area contributed by atoms with Gasteiger partial charge in [-0.3, -0.25) is 38.5 Å². The molecule has 1 heterocycles. The number of nitrogens with zero attached hydrogens (tertiary/aromatic N) is 3. The summed E-state index contributed by atoms with van der Waals surface area (Å²) in [7, 11) is 6.36. The fourth-order valence-electron chi connectivity index (χ4n) is 6.61. The van der Waals surface area contributed by atoms with Crippen LogP contribution >= 0.6 is 0 Å². The van der Waals surface area contributed by atoms with Gasteiger partial charge in [0.05, 0.1) is 12.6 Å². The summed E-state index contributed by atoms with van der Waals surface area (Å²) in [6.07, 6.45) is 2.89. The summed E-state index contributed by atoms with van der Waals surface area (Å²) >= 11 is 0. The summed E-state index contributed by atoms with van der Waals surface area (Å²) in [5, 5.41) is 8.81. The van der Waals surface area contributed by atoms with Gasteiger partial charge in [-0.25, -0.2) is 0 Å². The lowest BCUT2D eigenvalue weighted by molar-refractivity contribution is -0.163. The van der Waals surface area contributed by atoms with Gasteiger partial charge in [0, 0.05) is 46.1 Å². The molecule has 1 fully saturated rings. The van der Waals surface area contributed by atoms with E-state index >= 15 is 0 Å². The zero-order chi connectivity index (χ0) is 66.9. The highest BCUT2D eigenvalue weighted by atomic mass is 16.6. The number of amides is 2. The van der Waals surface area contributed by atoms with Gasteiger partial charge in [-0.15, -0.1) is 0 Å². The van der Waals surface area contributed by atoms with E-state index in [9.17, 15) is 33.6 Å². The molecule has 1 aliphatic heterocycles. The lowest BCUT2D eigenvalue weighted by Crippen LogP contribution is -2.44. The molecule has 0 spiro atoms. The Hall–Kier alpha value is -5.03. The number of benzene rings is 2. The zero-order valence-corrected chi connectivity index (χ0v) is 58.3. The molecule has 7 atom stereocenters. The number of carbonyl (C=O) groups excluding carboxylic acids is 7. The number of aldehydes is 1. The first-order valence-electron chi connectivity index (χ1n) is 31.0. The Morgan fingerprint density at radius 2 is 1.07 bits per heavy atom. The lowest BCUT2D eigenvalue weighted by Gasteiger charge is -2.26. The van der Waals surface area contributed by atoms with Crippen LogP contribution in [-0.2, 0) is 70.1 Å². The van der Waals surface area contributed by atoms with Gasteiger partial charge in [0.2, 0.25) is 6.41 Å². The topological polar surface area (TPSA) is 196 Å². The van der Waals surface area contributed by atoms with Crippen LogP contribution in [0.3, 0.4) is 0 Å². The third-order valence-electron chi connectivity index (χ3n) is 10.6.